The number of allylic oxidation sites excluding steroid dienone is 1. The number of benzene rings is 1. The topological polar surface area (TPSA) is 29.1 Å². The third-order valence-electron chi connectivity index (χ3n) is 2.12. The first kappa shape index (κ1) is 14.7. The monoisotopic (exact) mass is 271 g/mol. The van der Waals surface area contributed by atoms with E-state index < -0.39 is 11.6 Å². The Morgan fingerprint density at radius 2 is 2.22 bits per heavy atom. The Hall–Kier alpha value is -1.36. The van der Waals surface area contributed by atoms with E-state index in [1.54, 1.807) is 0 Å². The van der Waals surface area contributed by atoms with Gasteiger partial charge in [0, 0.05) is 17.5 Å². The molecule has 0 saturated carbocycles. The van der Waals surface area contributed by atoms with Gasteiger partial charge in [-0.25, -0.2) is 8.78 Å². The average molecular weight is 271 g/mol. The summed E-state index contributed by atoms with van der Waals surface area (Å²) in [5.74, 6) is -1.29. The van der Waals surface area contributed by atoms with Gasteiger partial charge >= 0.3 is 0 Å². The van der Waals surface area contributed by atoms with Crippen LogP contribution in [0.25, 0.3) is 0 Å². The van der Waals surface area contributed by atoms with Gasteiger partial charge in [0.1, 0.15) is 11.6 Å². The molecule has 0 spiro atoms. The Labute approximate surface area is 109 Å². The van der Waals surface area contributed by atoms with E-state index in [1.807, 2.05) is 19.1 Å². The second-order valence-electron chi connectivity index (χ2n) is 3.57. The predicted molar refractivity (Wildman–Crippen MR) is 69.5 cm³/mol. The molecule has 0 aromatic heterocycles. The van der Waals surface area contributed by atoms with E-state index in [2.05, 4.69) is 5.32 Å². The van der Waals surface area contributed by atoms with Crippen molar-refractivity contribution in [3.8, 4) is 0 Å². The smallest absolute Gasteiger partial charge is 0.230 e. The van der Waals surface area contributed by atoms with E-state index in [1.165, 1.54) is 12.1 Å². The second kappa shape index (κ2) is 7.87. The molecule has 1 aromatic rings. The van der Waals surface area contributed by atoms with Gasteiger partial charge in [-0.3, -0.25) is 4.79 Å². The van der Waals surface area contributed by atoms with Crippen LogP contribution in [0.2, 0.25) is 0 Å². The van der Waals surface area contributed by atoms with E-state index in [4.69, 9.17) is 0 Å². The van der Waals surface area contributed by atoms with Crippen molar-refractivity contribution < 1.29 is 13.6 Å². The summed E-state index contributed by atoms with van der Waals surface area (Å²) < 4.78 is 25.9. The highest BCUT2D eigenvalue weighted by Gasteiger charge is 2.07. The molecular weight excluding hydrogens is 256 g/mol. The maximum atomic E-state index is 13.3. The number of thioether (sulfide) groups is 1. The van der Waals surface area contributed by atoms with Gasteiger partial charge in [-0.2, -0.15) is 0 Å². The molecule has 1 N–H and O–H groups in total. The lowest BCUT2D eigenvalue weighted by Crippen LogP contribution is -2.25. The summed E-state index contributed by atoms with van der Waals surface area (Å²) in [6.07, 6.45) is 4.64. The van der Waals surface area contributed by atoms with Crippen molar-refractivity contribution >= 4 is 17.7 Å². The van der Waals surface area contributed by atoms with Gasteiger partial charge in [0.15, 0.2) is 0 Å². The summed E-state index contributed by atoms with van der Waals surface area (Å²) in [7, 11) is 0. The number of amides is 1. The molecule has 0 aliphatic carbocycles. The molecule has 0 fully saturated rings. The van der Waals surface area contributed by atoms with Crippen molar-refractivity contribution in [2.75, 3.05) is 12.3 Å². The lowest BCUT2D eigenvalue weighted by atomic mass is 10.3. The summed E-state index contributed by atoms with van der Waals surface area (Å²) in [5.41, 5.74) is 0. The molecule has 0 saturated heterocycles. The van der Waals surface area contributed by atoms with Crippen molar-refractivity contribution in [1.29, 1.82) is 0 Å². The number of nitrogens with one attached hydrogen (secondary N) is 1. The summed E-state index contributed by atoms with van der Waals surface area (Å²) in [5, 5.41) is 2.71. The summed E-state index contributed by atoms with van der Waals surface area (Å²) in [4.78, 5) is 11.7. The Morgan fingerprint density at radius 3 is 2.89 bits per heavy atom. The molecule has 1 rings (SSSR count). The molecule has 0 atom stereocenters. The Bertz CT molecular complexity index is 435. The van der Waals surface area contributed by atoms with E-state index in [0.29, 0.717) is 6.54 Å². The van der Waals surface area contributed by atoms with Crippen LogP contribution < -0.4 is 5.32 Å². The molecule has 5 heteroatoms. The maximum Gasteiger partial charge on any atom is 0.230 e. The van der Waals surface area contributed by atoms with Crippen LogP contribution in [0.1, 0.15) is 13.3 Å². The minimum absolute atomic E-state index is 0.123. The fourth-order valence-electron chi connectivity index (χ4n) is 1.25. The van der Waals surface area contributed by atoms with Gasteiger partial charge in [-0.15, -0.1) is 11.8 Å². The molecule has 0 bridgehead atoms. The number of hydrogen-bond acceptors (Lipinski definition) is 2. The zero-order chi connectivity index (χ0) is 13.4. The quantitative estimate of drug-likeness (QED) is 0.489. The molecule has 98 valence electrons. The summed E-state index contributed by atoms with van der Waals surface area (Å²) >= 11 is 1.06. The normalized spacial score (nSPS) is 10.8. The molecule has 0 heterocycles. The number of carbonyl (C=O) groups excluding carboxylic acids is 1. The number of carbonyl (C=O) groups is 1. The van der Waals surface area contributed by atoms with Crippen LogP contribution in [0.15, 0.2) is 35.2 Å². The molecule has 0 radical (unpaired) electrons. The highest BCUT2D eigenvalue weighted by Crippen LogP contribution is 2.21. The SMILES string of the molecule is C/C=C/CCNC(=O)CSc1ccc(F)cc1F. The average Bonchev–Trinajstić information content (AvgIpc) is 2.33. The number of halogens is 2. The van der Waals surface area contributed by atoms with Gasteiger partial charge in [-0.05, 0) is 25.5 Å². The van der Waals surface area contributed by atoms with E-state index in [0.717, 1.165) is 24.2 Å². The highest BCUT2D eigenvalue weighted by atomic mass is 32.2. The molecule has 2 nitrogen and oxygen atoms in total. The van der Waals surface area contributed by atoms with Crippen molar-refractivity contribution in [3.63, 3.8) is 0 Å². The van der Waals surface area contributed by atoms with Crippen LogP contribution in [-0.2, 0) is 4.79 Å². The molecule has 1 aromatic carbocycles. The molecule has 0 aliphatic heterocycles. The van der Waals surface area contributed by atoms with E-state index in [9.17, 15) is 13.6 Å². The van der Waals surface area contributed by atoms with Gasteiger partial charge in [0.05, 0.1) is 5.75 Å². The van der Waals surface area contributed by atoms with Crippen LogP contribution in [0.5, 0.6) is 0 Å². The van der Waals surface area contributed by atoms with Crippen LogP contribution in [-0.4, -0.2) is 18.2 Å². The van der Waals surface area contributed by atoms with Crippen molar-refractivity contribution in [2.24, 2.45) is 0 Å². The zero-order valence-electron chi connectivity index (χ0n) is 10.1. The first-order chi connectivity index (χ1) is 8.63. The molecule has 18 heavy (non-hydrogen) atoms. The highest BCUT2D eigenvalue weighted by molar-refractivity contribution is 8.00. The van der Waals surface area contributed by atoms with Crippen LogP contribution in [0.3, 0.4) is 0 Å². The summed E-state index contributed by atoms with van der Waals surface area (Å²) in [6.45, 7) is 2.48. The number of rotatable bonds is 6. The Kier molecular flexibility index (Phi) is 6.43. The van der Waals surface area contributed by atoms with Crippen molar-refractivity contribution in [1.82, 2.24) is 5.32 Å². The standard InChI is InChI=1S/C13H15F2NOS/c1-2-3-4-7-16-13(17)9-18-12-6-5-10(14)8-11(12)15/h2-3,5-6,8H,4,7,9H2,1H3,(H,16,17)/b3-2+. The fraction of sp³-hybridized carbons (Fsp3) is 0.308. The maximum absolute atomic E-state index is 13.3. The van der Waals surface area contributed by atoms with E-state index >= 15 is 0 Å². The Morgan fingerprint density at radius 1 is 1.44 bits per heavy atom. The van der Waals surface area contributed by atoms with Gasteiger partial charge in [-0.1, -0.05) is 12.2 Å². The van der Waals surface area contributed by atoms with Crippen molar-refractivity contribution in [3.05, 3.63) is 42.0 Å². The lowest BCUT2D eigenvalue weighted by molar-refractivity contribution is -0.118. The molecular formula is C13H15F2NOS. The lowest BCUT2D eigenvalue weighted by Gasteiger charge is -2.04. The minimum atomic E-state index is -0.637. The first-order valence-electron chi connectivity index (χ1n) is 5.59. The van der Waals surface area contributed by atoms with Gasteiger partial charge < -0.3 is 5.32 Å². The van der Waals surface area contributed by atoms with Crippen LogP contribution in [0.4, 0.5) is 8.78 Å². The molecule has 0 aliphatic rings. The molecule has 0 unspecified atom stereocenters. The molecule has 1 amide bonds. The van der Waals surface area contributed by atoms with Crippen LogP contribution >= 0.6 is 11.8 Å². The second-order valence-corrected chi connectivity index (χ2v) is 4.59. The van der Waals surface area contributed by atoms with Gasteiger partial charge in [0.25, 0.3) is 0 Å². The van der Waals surface area contributed by atoms with Crippen molar-refractivity contribution in [2.45, 2.75) is 18.2 Å². The summed E-state index contributed by atoms with van der Waals surface area (Å²) in [6, 6.07) is 3.32. The van der Waals surface area contributed by atoms with Gasteiger partial charge in [0.2, 0.25) is 5.91 Å². The first-order valence-corrected chi connectivity index (χ1v) is 6.57. The number of hydrogen-bond donors (Lipinski definition) is 1. The largest absolute Gasteiger partial charge is 0.355 e. The predicted octanol–water partition coefficient (Wildman–Crippen LogP) is 3.14. The van der Waals surface area contributed by atoms with E-state index in [-0.39, 0.29) is 16.6 Å². The zero-order valence-corrected chi connectivity index (χ0v) is 10.9. The third-order valence-corrected chi connectivity index (χ3v) is 3.17. The van der Waals surface area contributed by atoms with Crippen LogP contribution in [0, 0.1) is 11.6 Å². The third kappa shape index (κ3) is 5.31. The Balaban J connectivity index is 2.33. The fourth-order valence-corrected chi connectivity index (χ4v) is 2.00. The minimum Gasteiger partial charge on any atom is -0.355 e.